The summed E-state index contributed by atoms with van der Waals surface area (Å²) in [4.78, 5) is 23.8. The van der Waals surface area contributed by atoms with Gasteiger partial charge in [-0.3, -0.25) is 4.79 Å². The number of aromatic amines is 1. The van der Waals surface area contributed by atoms with Crippen molar-refractivity contribution in [3.63, 3.8) is 0 Å². The van der Waals surface area contributed by atoms with Gasteiger partial charge in [0.15, 0.2) is 17.6 Å². The first-order valence-corrected chi connectivity index (χ1v) is 11.0. The quantitative estimate of drug-likeness (QED) is 0.450. The Kier molecular flexibility index (Phi) is 4.99. The number of hydrogen-bond donors (Lipinski definition) is 2. The number of benzene rings is 1. The number of carbonyl (C=O) groups is 1. The molecule has 1 unspecified atom stereocenters. The van der Waals surface area contributed by atoms with Crippen LogP contribution in [0, 0.1) is 0 Å². The van der Waals surface area contributed by atoms with Crippen molar-refractivity contribution in [3.05, 3.63) is 60.4 Å². The second kappa shape index (κ2) is 7.96. The first-order chi connectivity index (χ1) is 15.1. The predicted molar refractivity (Wildman–Crippen MR) is 121 cm³/mol. The Morgan fingerprint density at radius 3 is 2.87 bits per heavy atom. The molecule has 0 aliphatic carbocycles. The minimum Gasteiger partial charge on any atom is -0.483 e. The van der Waals surface area contributed by atoms with Crippen molar-refractivity contribution in [2.45, 2.75) is 18.1 Å². The number of nitrogens with one attached hydrogen (secondary N) is 2. The molecule has 4 heterocycles. The molecule has 0 fully saturated rings. The van der Waals surface area contributed by atoms with Gasteiger partial charge >= 0.3 is 0 Å². The Balaban J connectivity index is 1.60. The van der Waals surface area contributed by atoms with E-state index in [9.17, 15) is 4.79 Å². The number of carbonyl (C=O) groups excluding carboxylic acids is 1. The maximum Gasteiger partial charge on any atom is 0.222 e. The molecule has 8 heteroatoms. The van der Waals surface area contributed by atoms with E-state index >= 15 is 0 Å². The van der Waals surface area contributed by atoms with Gasteiger partial charge in [0.2, 0.25) is 5.91 Å². The topological polar surface area (TPSA) is 89.1 Å². The van der Waals surface area contributed by atoms with E-state index < -0.39 is 0 Å². The first-order valence-electron chi connectivity index (χ1n) is 9.81. The van der Waals surface area contributed by atoms with Gasteiger partial charge in [0.25, 0.3) is 0 Å². The minimum atomic E-state index is -0.183. The molecule has 5 rings (SSSR count). The third-order valence-electron chi connectivity index (χ3n) is 5.07. The van der Waals surface area contributed by atoms with Gasteiger partial charge in [0.1, 0.15) is 23.1 Å². The van der Waals surface area contributed by atoms with Crippen LogP contribution < -0.4 is 14.8 Å². The van der Waals surface area contributed by atoms with E-state index in [4.69, 9.17) is 14.5 Å². The van der Waals surface area contributed by atoms with Gasteiger partial charge in [-0.05, 0) is 17.9 Å². The number of H-pyrrole nitrogens is 1. The van der Waals surface area contributed by atoms with Crippen molar-refractivity contribution in [1.29, 1.82) is 0 Å². The number of amides is 1. The lowest BCUT2D eigenvalue weighted by Crippen LogP contribution is -2.22. The number of nitrogens with zero attached hydrogens (tertiary/aromatic N) is 2. The molecule has 2 N–H and O–H groups in total. The van der Waals surface area contributed by atoms with Crippen LogP contribution in [-0.4, -0.2) is 33.7 Å². The zero-order valence-corrected chi connectivity index (χ0v) is 17.8. The highest BCUT2D eigenvalue weighted by Crippen LogP contribution is 2.45. The van der Waals surface area contributed by atoms with Crippen LogP contribution in [0.3, 0.4) is 0 Å². The van der Waals surface area contributed by atoms with Gasteiger partial charge in [-0.2, -0.15) is 0 Å². The third-order valence-corrected chi connectivity index (χ3v) is 5.70. The van der Waals surface area contributed by atoms with E-state index in [-0.39, 0.29) is 12.0 Å². The largest absolute Gasteiger partial charge is 0.483 e. The van der Waals surface area contributed by atoms with Crippen molar-refractivity contribution in [1.82, 2.24) is 15.0 Å². The molecule has 1 aliphatic heterocycles. The Morgan fingerprint density at radius 1 is 1.26 bits per heavy atom. The van der Waals surface area contributed by atoms with Crippen LogP contribution in [0.1, 0.15) is 18.6 Å². The number of thioether (sulfide) groups is 1. The highest BCUT2D eigenvalue weighted by Gasteiger charge is 2.28. The molecule has 0 saturated heterocycles. The van der Waals surface area contributed by atoms with Crippen molar-refractivity contribution < 1.29 is 14.3 Å². The Morgan fingerprint density at radius 2 is 2.10 bits per heavy atom. The van der Waals surface area contributed by atoms with Gasteiger partial charge in [0.05, 0.1) is 11.7 Å². The Bertz CT molecular complexity index is 1270. The van der Waals surface area contributed by atoms with E-state index in [1.165, 1.54) is 6.92 Å². The van der Waals surface area contributed by atoms with E-state index in [2.05, 4.69) is 15.3 Å². The van der Waals surface area contributed by atoms with Crippen LogP contribution in [0.4, 0.5) is 5.82 Å². The molecule has 7 nitrogen and oxygen atoms in total. The molecule has 156 valence electrons. The average molecular weight is 433 g/mol. The van der Waals surface area contributed by atoms with Crippen molar-refractivity contribution in [2.75, 3.05) is 18.2 Å². The van der Waals surface area contributed by atoms with E-state index in [1.54, 1.807) is 18.0 Å². The number of fused-ring (bicyclic) bond motifs is 2. The maximum atomic E-state index is 11.5. The lowest BCUT2D eigenvalue weighted by atomic mass is 10.1. The summed E-state index contributed by atoms with van der Waals surface area (Å²) in [5, 5.41) is 4.45. The summed E-state index contributed by atoms with van der Waals surface area (Å²) in [5.41, 5.74) is 3.46. The summed E-state index contributed by atoms with van der Waals surface area (Å²) in [6.45, 7) is 1.85. The summed E-state index contributed by atoms with van der Waals surface area (Å²) in [7, 11) is 0. The van der Waals surface area contributed by atoms with E-state index in [0.717, 1.165) is 27.1 Å². The van der Waals surface area contributed by atoms with Crippen molar-refractivity contribution >= 4 is 34.4 Å². The molecular weight excluding hydrogens is 412 g/mol. The predicted octanol–water partition coefficient (Wildman–Crippen LogP) is 4.82. The fourth-order valence-corrected chi connectivity index (χ4v) is 4.05. The molecule has 31 heavy (non-hydrogen) atoms. The Labute approximate surface area is 183 Å². The summed E-state index contributed by atoms with van der Waals surface area (Å²) >= 11 is 1.54. The number of rotatable bonds is 4. The highest BCUT2D eigenvalue weighted by molar-refractivity contribution is 7.98. The van der Waals surface area contributed by atoms with Crippen LogP contribution >= 0.6 is 11.8 Å². The zero-order valence-electron chi connectivity index (χ0n) is 17.0. The lowest BCUT2D eigenvalue weighted by Gasteiger charge is -2.28. The lowest BCUT2D eigenvalue weighted by molar-refractivity contribution is -0.114. The molecule has 0 spiro atoms. The molecular formula is C23H20N4O3S. The highest BCUT2D eigenvalue weighted by atomic mass is 32.2. The fourth-order valence-electron chi connectivity index (χ4n) is 3.65. The van der Waals surface area contributed by atoms with E-state index in [0.29, 0.717) is 29.6 Å². The van der Waals surface area contributed by atoms with Gasteiger partial charge < -0.3 is 19.8 Å². The second-order valence-corrected chi connectivity index (χ2v) is 7.99. The average Bonchev–Trinajstić information content (AvgIpc) is 3.21. The molecule has 4 aromatic rings. The monoisotopic (exact) mass is 432 g/mol. The van der Waals surface area contributed by atoms with Gasteiger partial charge in [-0.15, -0.1) is 11.8 Å². The number of anilines is 1. The molecule has 0 saturated carbocycles. The van der Waals surface area contributed by atoms with Crippen molar-refractivity contribution in [2.24, 2.45) is 0 Å². The number of ether oxygens (including phenoxy) is 2. The van der Waals surface area contributed by atoms with Gasteiger partial charge in [-0.25, -0.2) is 9.97 Å². The Hall–Kier alpha value is -3.52. The molecule has 0 radical (unpaired) electrons. The van der Waals surface area contributed by atoms with Crippen LogP contribution in [0.25, 0.3) is 22.2 Å². The third kappa shape index (κ3) is 3.70. The standard InChI is InChI=1S/C23H20N4O3S/c1-13(28)26-20-8-15-16(10-24-17(15)11-25-20)22-23-18(9-21(27-22)31-2)30-19(12-29-23)14-6-4-3-5-7-14/h3-11,19,24H,12H2,1-2H3,(H,25,26,28). The molecule has 1 aromatic carbocycles. The zero-order chi connectivity index (χ0) is 21.4. The van der Waals surface area contributed by atoms with Crippen LogP contribution in [0.15, 0.2) is 59.9 Å². The fraction of sp³-hybridized carbons (Fsp3) is 0.174. The summed E-state index contributed by atoms with van der Waals surface area (Å²) in [5.74, 6) is 1.59. The van der Waals surface area contributed by atoms with Crippen LogP contribution in [0.2, 0.25) is 0 Å². The van der Waals surface area contributed by atoms with Crippen LogP contribution in [0.5, 0.6) is 11.5 Å². The van der Waals surface area contributed by atoms with Crippen LogP contribution in [-0.2, 0) is 4.79 Å². The maximum absolute atomic E-state index is 11.5. The number of pyridine rings is 2. The first kappa shape index (κ1) is 19.4. The number of hydrogen-bond acceptors (Lipinski definition) is 6. The minimum absolute atomic E-state index is 0.174. The number of aromatic nitrogens is 3. The molecule has 1 aliphatic rings. The SMILES string of the molecule is CSc1cc2c(c(-c3c[nH]c4cnc(NC(C)=O)cc34)n1)OCC(c1ccccc1)O2. The molecule has 0 bridgehead atoms. The van der Waals surface area contributed by atoms with E-state index in [1.807, 2.05) is 54.9 Å². The second-order valence-electron chi connectivity index (χ2n) is 7.17. The summed E-state index contributed by atoms with van der Waals surface area (Å²) in [6, 6.07) is 13.8. The molecule has 1 atom stereocenters. The van der Waals surface area contributed by atoms with Gasteiger partial charge in [-0.1, -0.05) is 30.3 Å². The van der Waals surface area contributed by atoms with Gasteiger partial charge in [0, 0.05) is 30.1 Å². The molecule has 1 amide bonds. The smallest absolute Gasteiger partial charge is 0.222 e. The summed E-state index contributed by atoms with van der Waals surface area (Å²) < 4.78 is 12.5. The normalized spacial score (nSPS) is 15.1. The van der Waals surface area contributed by atoms with Crippen molar-refractivity contribution in [3.8, 4) is 22.8 Å². The molecule has 3 aromatic heterocycles. The summed E-state index contributed by atoms with van der Waals surface area (Å²) in [6.07, 6.45) is 5.36.